The third-order valence-electron chi connectivity index (χ3n) is 4.86. The Hall–Kier alpha value is -4.82. The molecule has 0 saturated carbocycles. The molecule has 0 fully saturated rings. The Morgan fingerprint density at radius 3 is 2.10 bits per heavy atom. The lowest BCUT2D eigenvalue weighted by molar-refractivity contribution is -0.274. The van der Waals surface area contributed by atoms with Gasteiger partial charge in [0, 0.05) is 12.1 Å². The summed E-state index contributed by atoms with van der Waals surface area (Å²) < 4.78 is 45.8. The second kappa shape index (κ2) is 14.2. The normalized spacial score (nSPS) is 12.4. The first kappa shape index (κ1) is 30.4. The topological polar surface area (TPSA) is 186 Å². The molecule has 210 valence electrons. The zero-order chi connectivity index (χ0) is 29.0. The van der Waals surface area contributed by atoms with Crippen LogP contribution < -0.4 is 26.4 Å². The number of ether oxygens (including phenoxy) is 2. The first-order valence-electron chi connectivity index (χ1n) is 11.3. The molecular weight excluding hydrogens is 529 g/mol. The Balaban J connectivity index is 2.07. The van der Waals surface area contributed by atoms with Gasteiger partial charge in [0.15, 0.2) is 0 Å². The molecule has 0 heterocycles. The number of carbonyl (C=O) groups is 5. The number of rotatable bonds is 13. The molecule has 12 nitrogen and oxygen atoms in total. The molecule has 0 radical (unpaired) electrons. The standard InChI is InChI=1S/C24H25F3N4O8/c25-24(26,27)39-16-8-6-15(7-9-16)29-21(35)17(10-11-20(33)34)30-22(36)18(12-19(28)32)31-23(37)38-13-14-4-2-1-3-5-14/h1-9,17-18H,10-13H2,(H2,28,32)(H,29,35)(H,30,36)(H,31,37)(H,33,34). The van der Waals surface area contributed by atoms with Gasteiger partial charge in [0.1, 0.15) is 24.4 Å². The molecule has 2 rings (SSSR count). The fourth-order valence-electron chi connectivity index (χ4n) is 3.10. The van der Waals surface area contributed by atoms with Crippen LogP contribution in [0.15, 0.2) is 54.6 Å². The van der Waals surface area contributed by atoms with Crippen LogP contribution in [0, 0.1) is 0 Å². The zero-order valence-electron chi connectivity index (χ0n) is 20.2. The molecule has 0 aliphatic carbocycles. The number of alkyl halides is 3. The van der Waals surface area contributed by atoms with Gasteiger partial charge in [-0.1, -0.05) is 30.3 Å². The van der Waals surface area contributed by atoms with Crippen molar-refractivity contribution in [1.82, 2.24) is 10.6 Å². The third-order valence-corrected chi connectivity index (χ3v) is 4.86. The lowest BCUT2D eigenvalue weighted by atomic mass is 10.1. The van der Waals surface area contributed by atoms with Crippen LogP contribution in [0.2, 0.25) is 0 Å². The summed E-state index contributed by atoms with van der Waals surface area (Å²) in [6.45, 7) is -0.145. The Morgan fingerprint density at radius 2 is 1.54 bits per heavy atom. The van der Waals surface area contributed by atoms with Crippen LogP contribution in [0.25, 0.3) is 0 Å². The second-order valence-electron chi connectivity index (χ2n) is 7.98. The van der Waals surface area contributed by atoms with E-state index in [4.69, 9.17) is 15.6 Å². The molecule has 2 unspecified atom stereocenters. The number of primary amides is 1. The van der Waals surface area contributed by atoms with Crippen molar-refractivity contribution < 1.29 is 51.7 Å². The number of carbonyl (C=O) groups excluding carboxylic acids is 4. The molecule has 2 aromatic rings. The highest BCUT2D eigenvalue weighted by molar-refractivity contribution is 5.99. The van der Waals surface area contributed by atoms with E-state index in [0.29, 0.717) is 5.56 Å². The first-order chi connectivity index (χ1) is 18.3. The highest BCUT2D eigenvalue weighted by atomic mass is 19.4. The number of benzene rings is 2. The number of hydrogen-bond acceptors (Lipinski definition) is 7. The van der Waals surface area contributed by atoms with E-state index in [0.717, 1.165) is 24.3 Å². The summed E-state index contributed by atoms with van der Waals surface area (Å²) in [7, 11) is 0. The Morgan fingerprint density at radius 1 is 0.897 bits per heavy atom. The van der Waals surface area contributed by atoms with E-state index < -0.39 is 73.2 Å². The second-order valence-corrected chi connectivity index (χ2v) is 7.98. The molecule has 0 aromatic heterocycles. The van der Waals surface area contributed by atoms with Gasteiger partial charge in [-0.2, -0.15) is 0 Å². The van der Waals surface area contributed by atoms with Crippen molar-refractivity contribution in [3.63, 3.8) is 0 Å². The molecular formula is C24H25F3N4O8. The van der Waals surface area contributed by atoms with Gasteiger partial charge in [0.25, 0.3) is 0 Å². The lowest BCUT2D eigenvalue weighted by Gasteiger charge is -2.22. The number of carboxylic acid groups (broad SMARTS) is 1. The fraction of sp³-hybridized carbons (Fsp3) is 0.292. The Labute approximate surface area is 219 Å². The minimum absolute atomic E-state index is 0.0143. The van der Waals surface area contributed by atoms with Crippen molar-refractivity contribution in [3.8, 4) is 5.75 Å². The summed E-state index contributed by atoms with van der Waals surface area (Å²) in [4.78, 5) is 60.3. The van der Waals surface area contributed by atoms with Crippen molar-refractivity contribution in [1.29, 1.82) is 0 Å². The van der Waals surface area contributed by atoms with Crippen LogP contribution in [0.3, 0.4) is 0 Å². The van der Waals surface area contributed by atoms with E-state index >= 15 is 0 Å². The van der Waals surface area contributed by atoms with Crippen molar-refractivity contribution >= 4 is 35.5 Å². The average molecular weight is 554 g/mol. The monoisotopic (exact) mass is 554 g/mol. The van der Waals surface area contributed by atoms with Crippen LogP contribution in [-0.2, 0) is 30.5 Å². The fourth-order valence-corrected chi connectivity index (χ4v) is 3.10. The van der Waals surface area contributed by atoms with Crippen LogP contribution in [0.1, 0.15) is 24.8 Å². The highest BCUT2D eigenvalue weighted by Crippen LogP contribution is 2.24. The van der Waals surface area contributed by atoms with Crippen LogP contribution in [-0.4, -0.2) is 53.3 Å². The minimum Gasteiger partial charge on any atom is -0.481 e. The van der Waals surface area contributed by atoms with Gasteiger partial charge in [-0.25, -0.2) is 4.79 Å². The summed E-state index contributed by atoms with van der Waals surface area (Å²) in [5.41, 5.74) is 5.82. The molecule has 2 aromatic carbocycles. The van der Waals surface area contributed by atoms with Gasteiger partial charge in [-0.15, -0.1) is 13.2 Å². The first-order valence-corrected chi connectivity index (χ1v) is 11.3. The lowest BCUT2D eigenvalue weighted by Crippen LogP contribution is -2.53. The van der Waals surface area contributed by atoms with Gasteiger partial charge in [-0.05, 0) is 36.2 Å². The summed E-state index contributed by atoms with van der Waals surface area (Å²) in [5, 5.41) is 15.8. The predicted molar refractivity (Wildman–Crippen MR) is 128 cm³/mol. The summed E-state index contributed by atoms with van der Waals surface area (Å²) in [5.74, 6) is -4.75. The van der Waals surface area contributed by atoms with Crippen LogP contribution in [0.4, 0.5) is 23.7 Å². The summed E-state index contributed by atoms with van der Waals surface area (Å²) >= 11 is 0. The number of halogens is 3. The number of nitrogens with two attached hydrogens (primary N) is 1. The Bertz CT molecular complexity index is 1160. The van der Waals surface area contributed by atoms with Gasteiger partial charge in [-0.3, -0.25) is 19.2 Å². The van der Waals surface area contributed by atoms with Crippen molar-refractivity contribution in [2.45, 2.75) is 44.3 Å². The maximum absolute atomic E-state index is 12.8. The summed E-state index contributed by atoms with van der Waals surface area (Å²) in [6, 6.07) is 9.56. The molecule has 6 N–H and O–H groups in total. The number of alkyl carbamates (subject to hydrolysis) is 1. The van der Waals surface area contributed by atoms with E-state index in [1.807, 2.05) is 0 Å². The van der Waals surface area contributed by atoms with Gasteiger partial charge >= 0.3 is 18.4 Å². The highest BCUT2D eigenvalue weighted by Gasteiger charge is 2.31. The zero-order valence-corrected chi connectivity index (χ0v) is 20.2. The van der Waals surface area contributed by atoms with E-state index in [2.05, 4.69) is 20.7 Å². The largest absolute Gasteiger partial charge is 0.573 e. The number of nitrogens with one attached hydrogen (secondary N) is 3. The smallest absolute Gasteiger partial charge is 0.481 e. The number of amides is 4. The number of anilines is 1. The Kier molecular flexibility index (Phi) is 11.1. The summed E-state index contributed by atoms with van der Waals surface area (Å²) in [6.07, 6.45) is -7.60. The van der Waals surface area contributed by atoms with Crippen molar-refractivity contribution in [2.75, 3.05) is 5.32 Å². The molecule has 15 heteroatoms. The molecule has 0 spiro atoms. The van der Waals surface area contributed by atoms with E-state index in [-0.39, 0.29) is 12.3 Å². The molecule has 2 atom stereocenters. The molecule has 0 saturated heterocycles. The van der Waals surface area contributed by atoms with Crippen molar-refractivity contribution in [3.05, 3.63) is 60.2 Å². The van der Waals surface area contributed by atoms with E-state index in [1.165, 1.54) is 0 Å². The third kappa shape index (κ3) is 11.8. The maximum atomic E-state index is 12.8. The SMILES string of the molecule is NC(=O)CC(NC(=O)OCc1ccccc1)C(=O)NC(CCC(=O)O)C(=O)Nc1ccc(OC(F)(F)F)cc1. The maximum Gasteiger partial charge on any atom is 0.573 e. The number of carboxylic acids is 1. The van der Waals surface area contributed by atoms with Crippen LogP contribution >= 0.6 is 0 Å². The van der Waals surface area contributed by atoms with Gasteiger partial charge in [0.05, 0.1) is 6.42 Å². The van der Waals surface area contributed by atoms with E-state index in [9.17, 15) is 37.1 Å². The molecule has 0 bridgehead atoms. The quantitative estimate of drug-likeness (QED) is 0.249. The molecule has 4 amide bonds. The van der Waals surface area contributed by atoms with Gasteiger partial charge in [0.2, 0.25) is 17.7 Å². The number of hydrogen-bond donors (Lipinski definition) is 5. The van der Waals surface area contributed by atoms with Gasteiger partial charge < -0.3 is 36.3 Å². The molecule has 39 heavy (non-hydrogen) atoms. The van der Waals surface area contributed by atoms with E-state index in [1.54, 1.807) is 30.3 Å². The minimum atomic E-state index is -4.92. The molecule has 0 aliphatic rings. The van der Waals surface area contributed by atoms with Crippen molar-refractivity contribution in [2.24, 2.45) is 5.73 Å². The average Bonchev–Trinajstić information content (AvgIpc) is 2.85. The predicted octanol–water partition coefficient (Wildman–Crippen LogP) is 2.04. The molecule has 0 aliphatic heterocycles. The van der Waals surface area contributed by atoms with Crippen LogP contribution in [0.5, 0.6) is 5.75 Å². The number of aliphatic carboxylic acids is 1.